The normalized spacial score (nSPS) is 13.8. The molecule has 3 amide bonds. The van der Waals surface area contributed by atoms with Gasteiger partial charge in [0, 0.05) is 6.54 Å². The summed E-state index contributed by atoms with van der Waals surface area (Å²) in [5, 5.41) is 25.7. The maximum atomic E-state index is 12.0. The number of rotatable bonds is 12. The number of guanidine groups is 1. The Hall–Kier alpha value is -2.89. The number of amides is 3. The molecule has 10 N–H and O–H groups in total. The lowest BCUT2D eigenvalue weighted by molar-refractivity contribution is -0.143. The van der Waals surface area contributed by atoms with Crippen molar-refractivity contribution in [2.24, 2.45) is 17.4 Å². The van der Waals surface area contributed by atoms with E-state index < -0.39 is 41.8 Å². The first kappa shape index (κ1) is 25.1. The van der Waals surface area contributed by atoms with Gasteiger partial charge in [-0.3, -0.25) is 19.8 Å². The number of nitrogens with two attached hydrogens (primary N) is 2. The Balaban J connectivity index is 4.28. The predicted molar refractivity (Wildman–Crippen MR) is 102 cm³/mol. The van der Waals surface area contributed by atoms with Gasteiger partial charge in [-0.1, -0.05) is 13.8 Å². The van der Waals surface area contributed by atoms with Crippen LogP contribution in [0.1, 0.15) is 33.6 Å². The van der Waals surface area contributed by atoms with E-state index in [-0.39, 0.29) is 18.4 Å². The molecule has 0 aromatic heterocycles. The fourth-order valence-corrected chi connectivity index (χ4v) is 2.12. The Kier molecular flexibility index (Phi) is 11.2. The minimum Gasteiger partial charge on any atom is -0.480 e. The first-order valence-corrected chi connectivity index (χ1v) is 8.89. The summed E-state index contributed by atoms with van der Waals surface area (Å²) in [6.07, 6.45) is 0.844. The summed E-state index contributed by atoms with van der Waals surface area (Å²) in [6.45, 7) is 4.73. The molecule has 0 heterocycles. The summed E-state index contributed by atoms with van der Waals surface area (Å²) in [7, 11) is 0. The maximum Gasteiger partial charge on any atom is 0.326 e. The highest BCUT2D eigenvalue weighted by Gasteiger charge is 2.26. The van der Waals surface area contributed by atoms with Crippen LogP contribution in [0.4, 0.5) is 0 Å². The van der Waals surface area contributed by atoms with Crippen LogP contribution >= 0.6 is 0 Å². The van der Waals surface area contributed by atoms with Crippen molar-refractivity contribution in [2.45, 2.75) is 51.7 Å². The van der Waals surface area contributed by atoms with Gasteiger partial charge in [0.2, 0.25) is 17.7 Å². The minimum atomic E-state index is -1.17. The van der Waals surface area contributed by atoms with Crippen LogP contribution in [0.25, 0.3) is 0 Å². The van der Waals surface area contributed by atoms with Crippen molar-refractivity contribution in [3.8, 4) is 0 Å². The Morgan fingerprint density at radius 3 is 2.14 bits per heavy atom. The molecule has 12 nitrogen and oxygen atoms in total. The van der Waals surface area contributed by atoms with Crippen LogP contribution in [0.5, 0.6) is 0 Å². The van der Waals surface area contributed by atoms with Crippen molar-refractivity contribution < 1.29 is 24.3 Å². The zero-order valence-corrected chi connectivity index (χ0v) is 16.4. The number of carboxylic acids is 1. The minimum absolute atomic E-state index is 0.170. The van der Waals surface area contributed by atoms with Crippen molar-refractivity contribution in [3.05, 3.63) is 0 Å². The van der Waals surface area contributed by atoms with E-state index in [0.29, 0.717) is 19.4 Å². The second-order valence-corrected chi connectivity index (χ2v) is 6.66. The molecule has 0 aromatic carbocycles. The fraction of sp³-hybridized carbons (Fsp3) is 0.688. The highest BCUT2D eigenvalue weighted by atomic mass is 16.4. The molecule has 0 saturated heterocycles. The largest absolute Gasteiger partial charge is 0.480 e. The molecule has 0 rings (SSSR count). The first-order chi connectivity index (χ1) is 13.0. The molecule has 0 aliphatic rings. The van der Waals surface area contributed by atoms with Gasteiger partial charge in [0.15, 0.2) is 5.96 Å². The summed E-state index contributed by atoms with van der Waals surface area (Å²) in [6, 6.07) is -2.87. The summed E-state index contributed by atoms with van der Waals surface area (Å²) in [5.74, 6) is -3.44. The van der Waals surface area contributed by atoms with E-state index in [2.05, 4.69) is 21.3 Å². The average molecular weight is 401 g/mol. The van der Waals surface area contributed by atoms with Gasteiger partial charge in [-0.15, -0.1) is 0 Å². The predicted octanol–water partition coefficient (Wildman–Crippen LogP) is -2.58. The van der Waals surface area contributed by atoms with Crippen LogP contribution in [-0.4, -0.2) is 66.0 Å². The van der Waals surface area contributed by atoms with Crippen LogP contribution < -0.4 is 32.7 Å². The zero-order valence-electron chi connectivity index (χ0n) is 16.4. The lowest BCUT2D eigenvalue weighted by atomic mass is 10.0. The molecule has 0 aliphatic carbocycles. The Labute approximate surface area is 163 Å². The van der Waals surface area contributed by atoms with Gasteiger partial charge in [-0.25, -0.2) is 4.79 Å². The molecular weight excluding hydrogens is 370 g/mol. The van der Waals surface area contributed by atoms with Crippen LogP contribution in [-0.2, 0) is 19.2 Å². The molecule has 12 heteroatoms. The molecule has 28 heavy (non-hydrogen) atoms. The highest BCUT2D eigenvalue weighted by Crippen LogP contribution is 2.02. The Bertz CT molecular complexity index is 582. The van der Waals surface area contributed by atoms with E-state index in [1.807, 2.05) is 0 Å². The first-order valence-electron chi connectivity index (χ1n) is 8.89. The van der Waals surface area contributed by atoms with E-state index in [9.17, 15) is 19.2 Å². The number of carboxylic acid groups (broad SMARTS) is 1. The van der Waals surface area contributed by atoms with Gasteiger partial charge in [0.1, 0.15) is 12.1 Å². The molecule has 3 atom stereocenters. The van der Waals surface area contributed by atoms with Gasteiger partial charge in [-0.2, -0.15) is 0 Å². The highest BCUT2D eigenvalue weighted by molar-refractivity contribution is 5.92. The van der Waals surface area contributed by atoms with Gasteiger partial charge in [-0.05, 0) is 25.7 Å². The summed E-state index contributed by atoms with van der Waals surface area (Å²) < 4.78 is 0. The van der Waals surface area contributed by atoms with Crippen LogP contribution in [0.15, 0.2) is 0 Å². The smallest absolute Gasteiger partial charge is 0.326 e. The second kappa shape index (κ2) is 12.5. The third-order valence-corrected chi connectivity index (χ3v) is 3.77. The monoisotopic (exact) mass is 401 g/mol. The lowest BCUT2D eigenvalue weighted by Gasteiger charge is -2.21. The number of aliphatic carboxylic acids is 1. The van der Waals surface area contributed by atoms with Crippen LogP contribution in [0, 0.1) is 11.3 Å². The Morgan fingerprint density at radius 1 is 1.04 bits per heavy atom. The van der Waals surface area contributed by atoms with Crippen molar-refractivity contribution in [2.75, 3.05) is 13.1 Å². The molecule has 160 valence electrons. The van der Waals surface area contributed by atoms with E-state index >= 15 is 0 Å². The fourth-order valence-electron chi connectivity index (χ4n) is 2.12. The molecule has 0 aromatic rings. The van der Waals surface area contributed by atoms with E-state index in [1.54, 1.807) is 13.8 Å². The van der Waals surface area contributed by atoms with Crippen molar-refractivity contribution in [1.82, 2.24) is 21.3 Å². The number of carbonyl (C=O) groups is 4. The quantitative estimate of drug-likeness (QED) is 0.0985. The third kappa shape index (κ3) is 10.3. The van der Waals surface area contributed by atoms with Crippen molar-refractivity contribution >= 4 is 29.7 Å². The van der Waals surface area contributed by atoms with Crippen molar-refractivity contribution in [3.63, 3.8) is 0 Å². The van der Waals surface area contributed by atoms with Gasteiger partial charge in [0.05, 0.1) is 12.6 Å². The molecule has 0 radical (unpaired) electrons. The number of hydrogen-bond donors (Lipinski definition) is 8. The number of carbonyl (C=O) groups excluding carboxylic acids is 3. The van der Waals surface area contributed by atoms with Crippen LogP contribution in [0.3, 0.4) is 0 Å². The summed E-state index contributed by atoms with van der Waals surface area (Å²) in [5.41, 5.74) is 10.8. The number of nitrogens with one attached hydrogen (secondary N) is 5. The summed E-state index contributed by atoms with van der Waals surface area (Å²) >= 11 is 0. The Morgan fingerprint density at radius 2 is 1.64 bits per heavy atom. The average Bonchev–Trinajstić information content (AvgIpc) is 2.59. The third-order valence-electron chi connectivity index (χ3n) is 3.77. The van der Waals surface area contributed by atoms with E-state index in [0.717, 1.165) is 0 Å². The van der Waals surface area contributed by atoms with Crippen molar-refractivity contribution in [1.29, 1.82) is 5.41 Å². The molecular formula is C16H31N7O5. The second-order valence-electron chi connectivity index (χ2n) is 6.66. The zero-order chi connectivity index (χ0) is 21.9. The van der Waals surface area contributed by atoms with Crippen LogP contribution in [0.2, 0.25) is 0 Å². The molecule has 0 aliphatic heterocycles. The maximum absolute atomic E-state index is 12.0. The number of hydrogen-bond acceptors (Lipinski definition) is 6. The molecule has 0 spiro atoms. The SMILES string of the molecule is CC(C)[C@H](NC(=O)[C@H](C)NC(=O)CNC(=O)[C@@H](N)CCCNC(=N)N)C(=O)O. The standard InChI is InChI=1S/C16H31N7O5/c1-8(2)12(15(27)28)23-13(25)9(3)22-11(24)7-21-14(26)10(17)5-4-6-20-16(18)19/h8-10,12H,4-7,17H2,1-3H3,(H,21,26)(H,22,24)(H,23,25)(H,27,28)(H4,18,19,20)/t9-,10-,12-/m0/s1. The van der Waals surface area contributed by atoms with E-state index in [1.165, 1.54) is 6.92 Å². The molecule has 0 fully saturated rings. The van der Waals surface area contributed by atoms with E-state index in [4.69, 9.17) is 22.0 Å². The molecule has 0 unspecified atom stereocenters. The van der Waals surface area contributed by atoms with Gasteiger partial charge < -0.3 is 37.8 Å². The summed E-state index contributed by atoms with van der Waals surface area (Å²) in [4.78, 5) is 46.8. The molecule has 0 saturated carbocycles. The lowest BCUT2D eigenvalue weighted by Crippen LogP contribution is -2.53. The molecule has 0 bridgehead atoms. The topological polar surface area (TPSA) is 213 Å². The van der Waals surface area contributed by atoms with Gasteiger partial charge in [0.25, 0.3) is 0 Å². The van der Waals surface area contributed by atoms with Gasteiger partial charge >= 0.3 is 5.97 Å².